The van der Waals surface area contributed by atoms with E-state index in [9.17, 15) is 0 Å². The van der Waals surface area contributed by atoms with E-state index in [0.717, 1.165) is 0 Å². The van der Waals surface area contributed by atoms with Crippen molar-refractivity contribution in [2.75, 3.05) is 19.6 Å². The number of nitrogens with one attached hydrogen (secondary N) is 1. The van der Waals surface area contributed by atoms with Gasteiger partial charge >= 0.3 is 5.84 Å². The first kappa shape index (κ1) is 42.2. The van der Waals surface area contributed by atoms with Gasteiger partial charge in [0.1, 0.15) is 18.7 Å². The van der Waals surface area contributed by atoms with E-state index in [-0.39, 0.29) is 12.4 Å². The Labute approximate surface area is 289 Å². The van der Waals surface area contributed by atoms with Crippen molar-refractivity contribution < 1.29 is 21.9 Å². The summed E-state index contributed by atoms with van der Waals surface area (Å²) in [6.45, 7) is 10.9. The Morgan fingerprint density at radius 1 is 0.511 bits per heavy atom. The molecule has 2 atom stereocenters. The summed E-state index contributed by atoms with van der Waals surface area (Å²) in [5.41, 5.74) is 1.46. The lowest BCUT2D eigenvalue weighted by Crippen LogP contribution is -3.14. The Morgan fingerprint density at radius 3 is 1.27 bits per heavy atom. The van der Waals surface area contributed by atoms with Gasteiger partial charge in [0, 0.05) is 13.3 Å². The molecule has 1 heterocycles. The van der Waals surface area contributed by atoms with Crippen molar-refractivity contribution in [2.45, 2.75) is 207 Å². The smallest absolute Gasteiger partial charge is 0.369 e. The van der Waals surface area contributed by atoms with Crippen LogP contribution in [0.25, 0.3) is 0 Å². The van der Waals surface area contributed by atoms with Gasteiger partial charge in [0.15, 0.2) is 0 Å². The summed E-state index contributed by atoms with van der Waals surface area (Å²) in [5, 5.41) is 0. The minimum absolute atomic E-state index is 0. The first-order chi connectivity index (χ1) is 21.8. The number of benzene rings is 1. The van der Waals surface area contributed by atoms with Crippen molar-refractivity contribution in [3.8, 4) is 0 Å². The van der Waals surface area contributed by atoms with E-state index in [1.54, 1.807) is 10.7 Å². The van der Waals surface area contributed by atoms with E-state index in [4.69, 9.17) is 0 Å². The molecule has 0 bridgehead atoms. The van der Waals surface area contributed by atoms with Gasteiger partial charge in [-0.15, -0.1) is 0 Å². The molecule has 0 aromatic heterocycles. The maximum atomic E-state index is 2.79. The number of rotatable bonds is 31. The molecule has 262 valence electrons. The van der Waals surface area contributed by atoms with Gasteiger partial charge in [-0.2, -0.15) is 4.58 Å². The van der Waals surface area contributed by atoms with Crippen molar-refractivity contribution in [3.63, 3.8) is 0 Å². The van der Waals surface area contributed by atoms with Gasteiger partial charge in [-0.05, 0) is 31.4 Å². The molecule has 1 aliphatic rings. The summed E-state index contributed by atoms with van der Waals surface area (Å²) >= 11 is 0. The summed E-state index contributed by atoms with van der Waals surface area (Å²) in [5.74, 6) is 1.60. The summed E-state index contributed by atoms with van der Waals surface area (Å²) in [6, 6.07) is 12.0. The van der Waals surface area contributed by atoms with Gasteiger partial charge < -0.3 is 12.4 Å². The van der Waals surface area contributed by atoms with Crippen LogP contribution >= 0.6 is 0 Å². The molecule has 45 heavy (non-hydrogen) atoms. The molecule has 0 fully saturated rings. The van der Waals surface area contributed by atoms with E-state index in [1.807, 2.05) is 0 Å². The number of unbranched alkanes of at least 4 members (excludes halogenated alkanes) is 26. The molecule has 0 aliphatic carbocycles. The monoisotopic (exact) mass is 646 g/mol. The third kappa shape index (κ3) is 20.9. The number of hydrogen-bond acceptors (Lipinski definition) is 0. The van der Waals surface area contributed by atoms with Gasteiger partial charge in [-0.25, -0.2) is 4.90 Å². The van der Waals surface area contributed by atoms with Gasteiger partial charge in [-0.3, -0.25) is 0 Å². The number of amidine groups is 1. The van der Waals surface area contributed by atoms with Crippen LogP contribution in [0.15, 0.2) is 30.3 Å². The second-order valence-electron chi connectivity index (χ2n) is 14.5. The van der Waals surface area contributed by atoms with Crippen molar-refractivity contribution in [3.05, 3.63) is 35.9 Å². The van der Waals surface area contributed by atoms with E-state index in [0.29, 0.717) is 6.04 Å². The number of halogens is 1. The molecular weight excluding hydrogens is 568 g/mol. The van der Waals surface area contributed by atoms with Crippen molar-refractivity contribution in [1.29, 1.82) is 0 Å². The Hall–Kier alpha value is -0.860. The predicted molar refractivity (Wildman–Crippen MR) is 196 cm³/mol. The largest absolute Gasteiger partial charge is 1.00 e. The fourth-order valence-corrected chi connectivity index (χ4v) is 7.52. The third-order valence-electron chi connectivity index (χ3n) is 10.3. The molecule has 2 nitrogen and oxygen atoms in total. The van der Waals surface area contributed by atoms with Gasteiger partial charge in [0.25, 0.3) is 0 Å². The lowest BCUT2D eigenvalue weighted by molar-refractivity contribution is -0.801. The topological polar surface area (TPSA) is 7.45 Å². The molecule has 0 saturated carbocycles. The number of quaternary nitrogens is 1. The van der Waals surface area contributed by atoms with E-state index < -0.39 is 0 Å². The molecular formula is C42H78ClN2+. The van der Waals surface area contributed by atoms with Crippen LogP contribution in [0, 0.1) is 0 Å². The molecule has 0 amide bonds. The molecule has 0 saturated heterocycles. The third-order valence-corrected chi connectivity index (χ3v) is 10.3. The Balaban J connectivity index is 0.0000101. The van der Waals surface area contributed by atoms with Crippen molar-refractivity contribution >= 4 is 5.84 Å². The summed E-state index contributed by atoms with van der Waals surface area (Å²) in [7, 11) is 0. The maximum Gasteiger partial charge on any atom is 0.369 e. The van der Waals surface area contributed by atoms with E-state index in [1.165, 1.54) is 205 Å². The highest BCUT2D eigenvalue weighted by atomic mass is 35.5. The van der Waals surface area contributed by atoms with Crippen LogP contribution in [-0.2, 0) is 0 Å². The van der Waals surface area contributed by atoms with Crippen LogP contribution in [0.2, 0.25) is 0 Å². The van der Waals surface area contributed by atoms with Crippen molar-refractivity contribution in [1.82, 2.24) is 0 Å². The van der Waals surface area contributed by atoms with Crippen LogP contribution in [0.3, 0.4) is 0 Å². The molecule has 1 aromatic rings. The van der Waals surface area contributed by atoms with Crippen LogP contribution < -0.4 is 17.3 Å². The lowest BCUT2D eigenvalue weighted by Gasteiger charge is -2.11. The zero-order chi connectivity index (χ0) is 31.3. The highest BCUT2D eigenvalue weighted by molar-refractivity contribution is 5.88. The molecule has 0 spiro atoms. The quantitative estimate of drug-likeness (QED) is 0.0610. The standard InChI is InChI=1S/C42H77N2.ClH/c1-4-6-8-10-12-14-16-18-20-22-24-26-28-33-37-43-39-40(3)44(42(43)41-35-31-30-32-36-41)38-34-29-27-25-23-21-19-17-15-13-11-9-7-5-2;/h30-32,35-36,40H,4-29,33-34,37-39H2,1-3H3;1H/q+1;. The summed E-state index contributed by atoms with van der Waals surface area (Å²) in [6.07, 6.45) is 40.3. The van der Waals surface area contributed by atoms with Crippen molar-refractivity contribution in [2.24, 2.45) is 0 Å². The summed E-state index contributed by atoms with van der Waals surface area (Å²) in [4.78, 5) is 1.74. The Kier molecular flexibility index (Phi) is 28.6. The molecule has 0 radical (unpaired) electrons. The Morgan fingerprint density at radius 2 is 0.867 bits per heavy atom. The second-order valence-corrected chi connectivity index (χ2v) is 14.5. The molecule has 3 heteroatoms. The van der Waals surface area contributed by atoms with Gasteiger partial charge in [0.2, 0.25) is 6.04 Å². The predicted octanol–water partition coefficient (Wildman–Crippen LogP) is 8.70. The minimum atomic E-state index is 0. The van der Waals surface area contributed by atoms with Crippen LogP contribution in [0.4, 0.5) is 0 Å². The minimum Gasteiger partial charge on any atom is -1.00 e. The molecule has 1 aliphatic heterocycles. The van der Waals surface area contributed by atoms with Crippen LogP contribution in [-0.4, -0.2) is 36.1 Å². The lowest BCUT2D eigenvalue weighted by atomic mass is 10.0. The first-order valence-electron chi connectivity index (χ1n) is 20.3. The van der Waals surface area contributed by atoms with Crippen LogP contribution in [0.5, 0.6) is 0 Å². The highest BCUT2D eigenvalue weighted by Gasteiger charge is 2.41. The first-order valence-corrected chi connectivity index (χ1v) is 20.3. The normalized spacial score (nSPS) is 16.4. The molecule has 2 unspecified atom stereocenters. The average molecular weight is 647 g/mol. The molecule has 1 aromatic carbocycles. The Bertz CT molecular complexity index is 791. The maximum absolute atomic E-state index is 2.79. The second kappa shape index (κ2) is 30.5. The average Bonchev–Trinajstić information content (AvgIpc) is 3.36. The molecule has 2 rings (SSSR count). The van der Waals surface area contributed by atoms with Gasteiger partial charge in [-0.1, -0.05) is 186 Å². The van der Waals surface area contributed by atoms with E-state index >= 15 is 0 Å². The fourth-order valence-electron chi connectivity index (χ4n) is 7.52. The van der Waals surface area contributed by atoms with Gasteiger partial charge in [0.05, 0.1) is 6.54 Å². The number of nitrogens with zero attached hydrogens (tertiary/aromatic N) is 1. The fraction of sp³-hybridized carbons (Fsp3) is 0.833. The highest BCUT2D eigenvalue weighted by Crippen LogP contribution is 2.15. The zero-order valence-electron chi connectivity index (χ0n) is 30.7. The molecule has 1 N–H and O–H groups in total. The zero-order valence-corrected chi connectivity index (χ0v) is 31.5. The van der Waals surface area contributed by atoms with E-state index in [2.05, 4.69) is 55.7 Å². The number of hydrogen-bond donors (Lipinski definition) is 1. The summed E-state index contributed by atoms with van der Waals surface area (Å²) < 4.78 is 2.79. The SMILES string of the molecule is CCCCCCCCCCCCCCCC[N+]1=C(c2ccccc2)[NH+](CCCCCCCCCCCCCCCC)CC1C.[Cl-]. The van der Waals surface area contributed by atoms with Crippen LogP contribution in [0.1, 0.15) is 206 Å².